The van der Waals surface area contributed by atoms with Crippen LogP contribution in [0, 0.1) is 0 Å². The summed E-state index contributed by atoms with van der Waals surface area (Å²) in [7, 11) is 1.22. The van der Waals surface area contributed by atoms with Crippen molar-refractivity contribution in [2.45, 2.75) is 38.3 Å². The third kappa shape index (κ3) is 3.61. The van der Waals surface area contributed by atoms with Crippen LogP contribution in [0.2, 0.25) is 0 Å². The lowest BCUT2D eigenvalue weighted by molar-refractivity contribution is 0.256. The molecule has 0 amide bonds. The van der Waals surface area contributed by atoms with Crippen molar-refractivity contribution in [1.29, 1.82) is 0 Å². The molecule has 1 saturated carbocycles. The van der Waals surface area contributed by atoms with Gasteiger partial charge in [0.15, 0.2) is 5.82 Å². The van der Waals surface area contributed by atoms with Gasteiger partial charge in [-0.3, -0.25) is 9.11 Å². The molecule has 2 rings (SSSR count). The summed E-state index contributed by atoms with van der Waals surface area (Å²) in [6.07, 6.45) is 4.06. The van der Waals surface area contributed by atoms with E-state index in [2.05, 4.69) is 22.0 Å². The van der Waals surface area contributed by atoms with Crippen molar-refractivity contribution >= 4 is 10.8 Å². The fourth-order valence-corrected chi connectivity index (χ4v) is 2.61. The first-order valence-electron chi connectivity index (χ1n) is 5.89. The minimum atomic E-state index is -0.772. The molecule has 1 heterocycles. The Hall–Kier alpha value is -0.750. The van der Waals surface area contributed by atoms with Crippen molar-refractivity contribution in [1.82, 2.24) is 15.0 Å². The van der Waals surface area contributed by atoms with Gasteiger partial charge >= 0.3 is 0 Å². The zero-order valence-corrected chi connectivity index (χ0v) is 11.4. The number of hydrogen-bond acceptors (Lipinski definition) is 5. The van der Waals surface area contributed by atoms with Crippen LogP contribution in [0.4, 0.5) is 0 Å². The van der Waals surface area contributed by atoms with Crippen molar-refractivity contribution in [3.05, 3.63) is 11.7 Å². The molecule has 0 bridgehead atoms. The van der Waals surface area contributed by atoms with E-state index in [1.54, 1.807) is 6.26 Å². The second-order valence-electron chi connectivity index (χ2n) is 4.83. The minimum Gasteiger partial charge on any atom is -0.339 e. The van der Waals surface area contributed by atoms with Crippen molar-refractivity contribution in [3.63, 3.8) is 0 Å². The van der Waals surface area contributed by atoms with Crippen molar-refractivity contribution in [3.8, 4) is 0 Å². The molecule has 0 spiro atoms. The standard InChI is InChI=1S/C11H19N3O2S/c1-8(7-17(3)15)14(2)6-10-12-11(16-13-10)9-4-5-9/h8-9H,4-7H2,1-3H3/t8-,17-/m0/s1. The van der Waals surface area contributed by atoms with Crippen LogP contribution in [-0.4, -0.2) is 44.3 Å². The normalized spacial score (nSPS) is 19.5. The highest BCUT2D eigenvalue weighted by atomic mass is 32.2. The maximum atomic E-state index is 11.1. The highest BCUT2D eigenvalue weighted by Crippen LogP contribution is 2.38. The van der Waals surface area contributed by atoms with Crippen molar-refractivity contribution < 1.29 is 8.73 Å². The van der Waals surface area contributed by atoms with Gasteiger partial charge in [0, 0.05) is 34.8 Å². The Morgan fingerprint density at radius 1 is 1.59 bits per heavy atom. The van der Waals surface area contributed by atoms with E-state index in [1.807, 2.05) is 7.05 Å². The summed E-state index contributed by atoms with van der Waals surface area (Å²) in [5.41, 5.74) is 0. The second kappa shape index (κ2) is 5.27. The highest BCUT2D eigenvalue weighted by molar-refractivity contribution is 7.84. The lowest BCUT2D eigenvalue weighted by Crippen LogP contribution is -2.33. The lowest BCUT2D eigenvalue weighted by atomic mass is 10.3. The van der Waals surface area contributed by atoms with E-state index in [4.69, 9.17) is 4.52 Å². The van der Waals surface area contributed by atoms with Crippen LogP contribution in [0.3, 0.4) is 0 Å². The number of rotatable bonds is 6. The molecule has 0 aromatic carbocycles. The van der Waals surface area contributed by atoms with Crippen LogP contribution < -0.4 is 0 Å². The largest absolute Gasteiger partial charge is 0.339 e. The van der Waals surface area contributed by atoms with E-state index in [0.717, 1.165) is 11.7 Å². The Morgan fingerprint density at radius 2 is 2.29 bits per heavy atom. The van der Waals surface area contributed by atoms with E-state index in [9.17, 15) is 4.21 Å². The molecule has 1 aliphatic carbocycles. The van der Waals surface area contributed by atoms with Gasteiger partial charge in [-0.05, 0) is 26.8 Å². The zero-order valence-electron chi connectivity index (χ0n) is 10.5. The van der Waals surface area contributed by atoms with E-state index >= 15 is 0 Å². The Bertz CT molecular complexity index is 403. The van der Waals surface area contributed by atoms with Crippen LogP contribution in [0.5, 0.6) is 0 Å². The van der Waals surface area contributed by atoms with E-state index in [0.29, 0.717) is 18.2 Å². The monoisotopic (exact) mass is 257 g/mol. The predicted octanol–water partition coefficient (Wildman–Crippen LogP) is 1.15. The zero-order chi connectivity index (χ0) is 12.4. The van der Waals surface area contributed by atoms with Crippen LogP contribution in [0.15, 0.2) is 4.52 Å². The van der Waals surface area contributed by atoms with Gasteiger partial charge in [-0.1, -0.05) is 5.16 Å². The van der Waals surface area contributed by atoms with E-state index in [1.165, 1.54) is 12.8 Å². The first-order chi connectivity index (χ1) is 8.06. The fraction of sp³-hybridized carbons (Fsp3) is 0.818. The Balaban J connectivity index is 1.87. The third-order valence-electron chi connectivity index (χ3n) is 3.03. The number of aromatic nitrogens is 2. The topological polar surface area (TPSA) is 59.2 Å². The Morgan fingerprint density at radius 3 is 2.88 bits per heavy atom. The average Bonchev–Trinajstić information content (AvgIpc) is 2.99. The Kier molecular flexibility index (Phi) is 3.93. The third-order valence-corrected chi connectivity index (χ3v) is 3.98. The van der Waals surface area contributed by atoms with E-state index in [-0.39, 0.29) is 6.04 Å². The molecule has 96 valence electrons. The molecular formula is C11H19N3O2S. The molecule has 0 N–H and O–H groups in total. The number of hydrogen-bond donors (Lipinski definition) is 0. The van der Waals surface area contributed by atoms with Gasteiger partial charge in [0.1, 0.15) is 0 Å². The maximum absolute atomic E-state index is 11.1. The fourth-order valence-electron chi connectivity index (χ4n) is 1.67. The molecule has 0 aliphatic heterocycles. The summed E-state index contributed by atoms with van der Waals surface area (Å²) in [5, 5.41) is 3.98. The molecule has 1 aromatic heterocycles. The van der Waals surface area contributed by atoms with Crippen LogP contribution in [0.1, 0.15) is 37.4 Å². The molecule has 17 heavy (non-hydrogen) atoms. The first kappa shape index (κ1) is 12.7. The molecule has 0 saturated heterocycles. The summed E-state index contributed by atoms with van der Waals surface area (Å²) in [5.74, 6) is 2.68. The van der Waals surface area contributed by atoms with Crippen molar-refractivity contribution in [2.75, 3.05) is 19.1 Å². The maximum Gasteiger partial charge on any atom is 0.229 e. The summed E-state index contributed by atoms with van der Waals surface area (Å²) in [6.45, 7) is 2.71. The van der Waals surface area contributed by atoms with Gasteiger partial charge in [-0.2, -0.15) is 4.98 Å². The predicted molar refractivity (Wildman–Crippen MR) is 66.1 cm³/mol. The summed E-state index contributed by atoms with van der Waals surface area (Å²) in [6, 6.07) is 0.253. The van der Waals surface area contributed by atoms with Gasteiger partial charge < -0.3 is 4.52 Å². The van der Waals surface area contributed by atoms with Crippen molar-refractivity contribution in [2.24, 2.45) is 0 Å². The minimum absolute atomic E-state index is 0.253. The smallest absolute Gasteiger partial charge is 0.229 e. The quantitative estimate of drug-likeness (QED) is 0.765. The molecule has 1 fully saturated rings. The van der Waals surface area contributed by atoms with Gasteiger partial charge in [0.2, 0.25) is 5.89 Å². The first-order valence-corrected chi connectivity index (χ1v) is 7.61. The molecular weight excluding hydrogens is 238 g/mol. The van der Waals surface area contributed by atoms with Gasteiger partial charge in [0.25, 0.3) is 0 Å². The van der Waals surface area contributed by atoms with Gasteiger partial charge in [-0.15, -0.1) is 0 Å². The van der Waals surface area contributed by atoms with E-state index < -0.39 is 10.8 Å². The Labute approximate surface area is 104 Å². The summed E-state index contributed by atoms with van der Waals surface area (Å²) >= 11 is 0. The lowest BCUT2D eigenvalue weighted by Gasteiger charge is -2.21. The summed E-state index contributed by atoms with van der Waals surface area (Å²) < 4.78 is 16.3. The van der Waals surface area contributed by atoms with Crippen LogP contribution in [-0.2, 0) is 17.3 Å². The van der Waals surface area contributed by atoms with Crippen LogP contribution >= 0.6 is 0 Å². The van der Waals surface area contributed by atoms with Gasteiger partial charge in [-0.25, -0.2) is 0 Å². The SMILES string of the molecule is C[C@@H](C[S@](C)=O)N(C)Cc1noc(C2CC2)n1. The second-order valence-corrected chi connectivity index (χ2v) is 6.31. The molecule has 0 unspecified atom stereocenters. The molecule has 0 radical (unpaired) electrons. The molecule has 6 heteroatoms. The van der Waals surface area contributed by atoms with Crippen LogP contribution in [0.25, 0.3) is 0 Å². The molecule has 2 atom stereocenters. The molecule has 1 aliphatic rings. The summed E-state index contributed by atoms with van der Waals surface area (Å²) in [4.78, 5) is 6.48. The van der Waals surface area contributed by atoms with Gasteiger partial charge in [0.05, 0.1) is 6.54 Å². The average molecular weight is 257 g/mol. The highest BCUT2D eigenvalue weighted by Gasteiger charge is 2.29. The molecule has 1 aromatic rings. The molecule has 5 nitrogen and oxygen atoms in total. The number of nitrogens with zero attached hydrogens (tertiary/aromatic N) is 3.